The Morgan fingerprint density at radius 2 is 2.30 bits per heavy atom. The second-order valence-corrected chi connectivity index (χ2v) is 4.86. The molecule has 2 heterocycles. The molecule has 0 radical (unpaired) electrons. The lowest BCUT2D eigenvalue weighted by Crippen LogP contribution is -2.51. The van der Waals surface area contributed by atoms with Gasteiger partial charge in [0.2, 0.25) is 5.91 Å². The first-order valence-corrected chi connectivity index (χ1v) is 6.06. The molecule has 1 unspecified atom stereocenters. The molecule has 9 heteroatoms. The molecule has 1 fully saturated rings. The van der Waals surface area contributed by atoms with Crippen molar-refractivity contribution in [2.45, 2.75) is 31.8 Å². The molecule has 0 aliphatic carbocycles. The first kappa shape index (κ1) is 14.0. The predicted molar refractivity (Wildman–Crippen MR) is 65.9 cm³/mol. The van der Waals surface area contributed by atoms with Crippen molar-refractivity contribution in [1.29, 1.82) is 0 Å². The Hall–Kier alpha value is -2.45. The molecule has 0 bridgehead atoms. The Morgan fingerprint density at radius 1 is 1.60 bits per heavy atom. The minimum Gasteiger partial charge on any atom is -0.480 e. The van der Waals surface area contributed by atoms with E-state index >= 15 is 0 Å². The Kier molecular flexibility index (Phi) is 3.43. The van der Waals surface area contributed by atoms with E-state index in [1.54, 1.807) is 0 Å². The standard InChI is InChI=1S/C11H14N4O5/c1-11(10(17)18)4-2-5-14(11)9(16)7-13-6-3-8(12-13)15(19)20/h3,6H,2,4-5,7H2,1H3,(H,17,18). The highest BCUT2D eigenvalue weighted by Crippen LogP contribution is 2.29. The van der Waals surface area contributed by atoms with E-state index in [1.165, 1.54) is 24.1 Å². The summed E-state index contributed by atoms with van der Waals surface area (Å²) in [5, 5.41) is 23.4. The zero-order valence-corrected chi connectivity index (χ0v) is 10.9. The van der Waals surface area contributed by atoms with Gasteiger partial charge in [0.15, 0.2) is 0 Å². The highest BCUT2D eigenvalue weighted by Gasteiger charge is 2.45. The molecular weight excluding hydrogens is 268 g/mol. The lowest BCUT2D eigenvalue weighted by atomic mass is 9.99. The van der Waals surface area contributed by atoms with Gasteiger partial charge in [0.25, 0.3) is 0 Å². The van der Waals surface area contributed by atoms with Crippen LogP contribution in [0.5, 0.6) is 0 Å². The van der Waals surface area contributed by atoms with E-state index in [9.17, 15) is 24.8 Å². The molecule has 1 aliphatic rings. The number of likely N-dealkylation sites (tertiary alicyclic amines) is 1. The minimum absolute atomic E-state index is 0.212. The van der Waals surface area contributed by atoms with Gasteiger partial charge in [-0.2, -0.15) is 4.68 Å². The summed E-state index contributed by atoms with van der Waals surface area (Å²) in [6.45, 7) is 1.66. The zero-order valence-electron chi connectivity index (χ0n) is 10.9. The average molecular weight is 282 g/mol. The number of aliphatic carboxylic acids is 1. The van der Waals surface area contributed by atoms with Crippen molar-refractivity contribution < 1.29 is 19.6 Å². The summed E-state index contributed by atoms with van der Waals surface area (Å²) in [5.74, 6) is -1.81. The van der Waals surface area contributed by atoms with E-state index in [1.807, 2.05) is 0 Å². The number of carbonyl (C=O) groups is 2. The van der Waals surface area contributed by atoms with Crippen molar-refractivity contribution in [3.63, 3.8) is 0 Å². The van der Waals surface area contributed by atoms with Gasteiger partial charge in [0, 0.05) is 6.54 Å². The number of amides is 1. The normalized spacial score (nSPS) is 21.9. The molecule has 108 valence electrons. The third kappa shape index (κ3) is 2.33. The van der Waals surface area contributed by atoms with Crippen molar-refractivity contribution in [3.8, 4) is 0 Å². The highest BCUT2D eigenvalue weighted by atomic mass is 16.6. The Morgan fingerprint density at radius 3 is 2.85 bits per heavy atom. The molecule has 1 aromatic heterocycles. The van der Waals surface area contributed by atoms with Crippen molar-refractivity contribution in [3.05, 3.63) is 22.4 Å². The molecule has 2 rings (SSSR count). The molecule has 1 amide bonds. The van der Waals surface area contributed by atoms with Crippen molar-refractivity contribution in [2.24, 2.45) is 0 Å². The van der Waals surface area contributed by atoms with Crippen LogP contribution in [0.2, 0.25) is 0 Å². The Balaban J connectivity index is 2.11. The smallest absolute Gasteiger partial charge is 0.389 e. The van der Waals surface area contributed by atoms with Crippen LogP contribution in [0, 0.1) is 10.1 Å². The summed E-state index contributed by atoms with van der Waals surface area (Å²) in [5.41, 5.74) is -1.21. The fraction of sp³-hybridized carbons (Fsp3) is 0.545. The second-order valence-electron chi connectivity index (χ2n) is 4.86. The molecule has 1 atom stereocenters. The first-order chi connectivity index (χ1) is 9.34. The van der Waals surface area contributed by atoms with Crippen LogP contribution >= 0.6 is 0 Å². The summed E-state index contributed by atoms with van der Waals surface area (Å²) >= 11 is 0. The maximum atomic E-state index is 12.1. The van der Waals surface area contributed by atoms with Crippen LogP contribution < -0.4 is 0 Å². The van der Waals surface area contributed by atoms with Crippen LogP contribution in [-0.4, -0.2) is 48.7 Å². The number of carboxylic acid groups (broad SMARTS) is 1. The fourth-order valence-electron chi connectivity index (χ4n) is 2.35. The molecule has 0 saturated carbocycles. The quantitative estimate of drug-likeness (QED) is 0.624. The molecule has 0 spiro atoms. The van der Waals surface area contributed by atoms with Gasteiger partial charge in [-0.15, -0.1) is 0 Å². The van der Waals surface area contributed by atoms with Crippen LogP contribution in [0.3, 0.4) is 0 Å². The van der Waals surface area contributed by atoms with E-state index in [4.69, 9.17) is 0 Å². The van der Waals surface area contributed by atoms with Gasteiger partial charge in [-0.1, -0.05) is 0 Å². The van der Waals surface area contributed by atoms with Gasteiger partial charge in [0.05, 0.1) is 17.4 Å². The number of nitro groups is 1. The number of rotatable bonds is 4. The third-order valence-electron chi connectivity index (χ3n) is 3.51. The topological polar surface area (TPSA) is 119 Å². The summed E-state index contributed by atoms with van der Waals surface area (Å²) in [7, 11) is 0. The molecule has 1 saturated heterocycles. The average Bonchev–Trinajstić information content (AvgIpc) is 2.96. The molecule has 1 aromatic rings. The van der Waals surface area contributed by atoms with Crippen LogP contribution in [0.25, 0.3) is 0 Å². The van der Waals surface area contributed by atoms with Crippen LogP contribution in [0.4, 0.5) is 5.82 Å². The summed E-state index contributed by atoms with van der Waals surface area (Å²) in [6, 6.07) is 1.19. The summed E-state index contributed by atoms with van der Waals surface area (Å²) in [6.07, 6.45) is 2.34. The number of aromatic nitrogens is 2. The van der Waals surface area contributed by atoms with E-state index in [2.05, 4.69) is 5.10 Å². The first-order valence-electron chi connectivity index (χ1n) is 6.06. The molecule has 20 heavy (non-hydrogen) atoms. The highest BCUT2D eigenvalue weighted by molar-refractivity contribution is 5.87. The number of nitrogens with zero attached hydrogens (tertiary/aromatic N) is 4. The summed E-state index contributed by atoms with van der Waals surface area (Å²) in [4.78, 5) is 34.6. The maximum Gasteiger partial charge on any atom is 0.389 e. The second kappa shape index (κ2) is 4.91. The SMILES string of the molecule is CC1(C(=O)O)CCCN1C(=O)Cn1ccc([N+](=O)[O-])n1. The number of hydrogen-bond acceptors (Lipinski definition) is 5. The van der Waals surface area contributed by atoms with E-state index in [0.717, 1.165) is 4.68 Å². The van der Waals surface area contributed by atoms with Crippen molar-refractivity contribution in [1.82, 2.24) is 14.7 Å². The summed E-state index contributed by atoms with van der Waals surface area (Å²) < 4.78 is 1.14. The lowest BCUT2D eigenvalue weighted by Gasteiger charge is -2.30. The van der Waals surface area contributed by atoms with E-state index < -0.39 is 22.3 Å². The molecule has 1 N–H and O–H groups in total. The minimum atomic E-state index is -1.21. The van der Waals surface area contributed by atoms with Gasteiger partial charge in [0.1, 0.15) is 12.1 Å². The van der Waals surface area contributed by atoms with E-state index in [-0.39, 0.29) is 12.4 Å². The molecular formula is C11H14N4O5. The van der Waals surface area contributed by atoms with Gasteiger partial charge >= 0.3 is 11.8 Å². The van der Waals surface area contributed by atoms with Crippen LogP contribution in [0.15, 0.2) is 12.3 Å². The van der Waals surface area contributed by atoms with Gasteiger partial charge in [-0.25, -0.2) is 4.79 Å². The van der Waals surface area contributed by atoms with Gasteiger partial charge < -0.3 is 20.1 Å². The predicted octanol–water partition coefficient (Wildman–Crippen LogP) is 0.257. The van der Waals surface area contributed by atoms with E-state index in [0.29, 0.717) is 19.4 Å². The van der Waals surface area contributed by atoms with Crippen molar-refractivity contribution in [2.75, 3.05) is 6.54 Å². The monoisotopic (exact) mass is 282 g/mol. The largest absolute Gasteiger partial charge is 0.480 e. The van der Waals surface area contributed by atoms with Crippen molar-refractivity contribution >= 4 is 17.7 Å². The maximum absolute atomic E-state index is 12.1. The number of carbonyl (C=O) groups excluding carboxylic acids is 1. The zero-order chi connectivity index (χ0) is 14.9. The van der Waals surface area contributed by atoms with Crippen LogP contribution in [-0.2, 0) is 16.1 Å². The third-order valence-corrected chi connectivity index (χ3v) is 3.51. The lowest BCUT2D eigenvalue weighted by molar-refractivity contribution is -0.389. The van der Waals surface area contributed by atoms with Crippen LogP contribution in [0.1, 0.15) is 19.8 Å². The fourth-order valence-corrected chi connectivity index (χ4v) is 2.35. The Bertz CT molecular complexity index is 569. The number of hydrogen-bond donors (Lipinski definition) is 1. The number of carboxylic acids is 1. The molecule has 0 aromatic carbocycles. The molecule has 1 aliphatic heterocycles. The Labute approximate surface area is 113 Å². The van der Waals surface area contributed by atoms with Gasteiger partial charge in [-0.3, -0.25) is 4.79 Å². The van der Waals surface area contributed by atoms with Gasteiger partial charge in [-0.05, 0) is 24.7 Å². The molecule has 9 nitrogen and oxygen atoms in total.